The first-order valence-corrected chi connectivity index (χ1v) is 11.4. The number of aliphatic hydroxyl groups excluding tert-OH is 1. The van der Waals surface area contributed by atoms with Gasteiger partial charge < -0.3 is 15.2 Å². The fourth-order valence-corrected chi connectivity index (χ4v) is 4.32. The maximum absolute atomic E-state index is 10.5. The molecule has 0 aromatic heterocycles. The predicted molar refractivity (Wildman–Crippen MR) is 134 cm³/mol. The highest BCUT2D eigenvalue weighted by atomic mass is 16.5. The van der Waals surface area contributed by atoms with Crippen LogP contribution in [0, 0.1) is 0 Å². The summed E-state index contributed by atoms with van der Waals surface area (Å²) in [6.07, 6.45) is 0.238. The highest BCUT2D eigenvalue weighted by molar-refractivity contribution is 5.86. The molecule has 0 amide bonds. The van der Waals surface area contributed by atoms with Crippen molar-refractivity contribution >= 4 is 21.5 Å². The van der Waals surface area contributed by atoms with Gasteiger partial charge in [-0.05, 0) is 59.9 Å². The first-order valence-electron chi connectivity index (χ1n) is 11.4. The highest BCUT2D eigenvalue weighted by Crippen LogP contribution is 2.26. The van der Waals surface area contributed by atoms with E-state index in [9.17, 15) is 5.11 Å². The third-order valence-electron chi connectivity index (χ3n) is 6.08. The molecule has 4 aromatic carbocycles. The van der Waals surface area contributed by atoms with Gasteiger partial charge in [0.1, 0.15) is 0 Å². The average molecular weight is 428 g/mol. The number of β-amino-alcohol motifs (C(OH)–C–C–N with tert-alkyl or cyclic N) is 1. The second kappa shape index (κ2) is 9.83. The lowest BCUT2D eigenvalue weighted by atomic mass is 9.93. The van der Waals surface area contributed by atoms with Gasteiger partial charge in [-0.1, -0.05) is 84.9 Å². The molecule has 0 aliphatic heterocycles. The molecular weight excluding hydrogens is 394 g/mol. The Hall–Kier alpha value is -2.72. The standard InChI is InChI=1S/C29H33NO2/c1-21(27-14-8-12-24-10-6-7-13-28(24)27)32-20-26(31)19-30-29(2,3)18-22-15-16-23-9-4-5-11-25(23)17-22/h4-17,21,26,30-31H,18-20H2,1-3H3/t21?,26-/m1/s1. The maximum Gasteiger partial charge on any atom is 0.0898 e. The fraction of sp³-hybridized carbons (Fsp3) is 0.310. The van der Waals surface area contributed by atoms with Crippen LogP contribution in [0.5, 0.6) is 0 Å². The van der Waals surface area contributed by atoms with Crippen molar-refractivity contribution in [2.24, 2.45) is 0 Å². The largest absolute Gasteiger partial charge is 0.389 e. The molecule has 3 heteroatoms. The molecule has 2 N–H and O–H groups in total. The van der Waals surface area contributed by atoms with E-state index in [1.807, 2.05) is 13.0 Å². The number of fused-ring (bicyclic) bond motifs is 2. The van der Waals surface area contributed by atoms with E-state index in [1.54, 1.807) is 0 Å². The molecule has 0 aliphatic carbocycles. The zero-order valence-corrected chi connectivity index (χ0v) is 19.2. The summed E-state index contributed by atoms with van der Waals surface area (Å²) in [4.78, 5) is 0. The third kappa shape index (κ3) is 5.55. The highest BCUT2D eigenvalue weighted by Gasteiger charge is 2.20. The van der Waals surface area contributed by atoms with E-state index >= 15 is 0 Å². The second-order valence-corrected chi connectivity index (χ2v) is 9.32. The summed E-state index contributed by atoms with van der Waals surface area (Å²) < 4.78 is 6.04. The zero-order chi connectivity index (χ0) is 22.6. The molecule has 32 heavy (non-hydrogen) atoms. The van der Waals surface area contributed by atoms with Gasteiger partial charge in [0.15, 0.2) is 0 Å². The van der Waals surface area contributed by atoms with E-state index in [-0.39, 0.29) is 11.6 Å². The topological polar surface area (TPSA) is 41.5 Å². The summed E-state index contributed by atoms with van der Waals surface area (Å²) >= 11 is 0. The van der Waals surface area contributed by atoms with Crippen molar-refractivity contribution in [2.75, 3.05) is 13.2 Å². The van der Waals surface area contributed by atoms with Crippen molar-refractivity contribution < 1.29 is 9.84 Å². The van der Waals surface area contributed by atoms with Gasteiger partial charge >= 0.3 is 0 Å². The summed E-state index contributed by atoms with van der Waals surface area (Å²) in [5.74, 6) is 0. The summed E-state index contributed by atoms with van der Waals surface area (Å²) in [6, 6.07) is 29.7. The van der Waals surface area contributed by atoms with Gasteiger partial charge in [0, 0.05) is 12.1 Å². The smallest absolute Gasteiger partial charge is 0.0898 e. The van der Waals surface area contributed by atoms with Crippen LogP contribution >= 0.6 is 0 Å². The minimum atomic E-state index is -0.566. The molecule has 4 aromatic rings. The van der Waals surface area contributed by atoms with E-state index in [0.717, 1.165) is 12.0 Å². The zero-order valence-electron chi connectivity index (χ0n) is 19.2. The van der Waals surface area contributed by atoms with Crippen molar-refractivity contribution in [3.63, 3.8) is 0 Å². The Morgan fingerprint density at radius 3 is 2.34 bits per heavy atom. The van der Waals surface area contributed by atoms with Gasteiger partial charge in [-0.25, -0.2) is 0 Å². The van der Waals surface area contributed by atoms with Crippen molar-refractivity contribution in [3.8, 4) is 0 Å². The van der Waals surface area contributed by atoms with E-state index in [4.69, 9.17) is 4.74 Å². The van der Waals surface area contributed by atoms with Crippen molar-refractivity contribution in [2.45, 2.75) is 44.9 Å². The van der Waals surface area contributed by atoms with Crippen LogP contribution in [0.1, 0.15) is 38.0 Å². The van der Waals surface area contributed by atoms with Crippen LogP contribution < -0.4 is 5.32 Å². The number of ether oxygens (including phenoxy) is 1. The van der Waals surface area contributed by atoms with Crippen LogP contribution in [0.25, 0.3) is 21.5 Å². The molecule has 4 rings (SSSR count). The quantitative estimate of drug-likeness (QED) is 0.342. The Morgan fingerprint density at radius 1 is 0.844 bits per heavy atom. The third-order valence-corrected chi connectivity index (χ3v) is 6.08. The van der Waals surface area contributed by atoms with Gasteiger partial charge in [0.05, 0.1) is 18.8 Å². The summed E-state index contributed by atoms with van der Waals surface area (Å²) in [5.41, 5.74) is 2.31. The number of hydrogen-bond acceptors (Lipinski definition) is 3. The van der Waals surface area contributed by atoms with Gasteiger partial charge in [0.25, 0.3) is 0 Å². The molecule has 0 saturated carbocycles. The molecule has 0 spiro atoms. The van der Waals surface area contributed by atoms with E-state index in [0.29, 0.717) is 13.2 Å². The van der Waals surface area contributed by atoms with Gasteiger partial charge in [-0.2, -0.15) is 0 Å². The SMILES string of the molecule is CC(OC[C@H](O)CNC(C)(C)Cc1ccc2ccccc2c1)c1cccc2ccccc12. The molecule has 0 fully saturated rings. The number of hydrogen-bond donors (Lipinski definition) is 2. The first kappa shape index (κ1) is 22.5. The lowest BCUT2D eigenvalue weighted by molar-refractivity contribution is -0.00363. The molecule has 0 saturated heterocycles. The molecule has 166 valence electrons. The fourth-order valence-electron chi connectivity index (χ4n) is 4.32. The summed E-state index contributed by atoms with van der Waals surface area (Å²) in [7, 11) is 0. The number of nitrogens with one attached hydrogen (secondary N) is 1. The van der Waals surface area contributed by atoms with Crippen molar-refractivity contribution in [1.29, 1.82) is 0 Å². The number of aliphatic hydroxyl groups is 1. The molecule has 2 atom stereocenters. The minimum absolute atomic E-state index is 0.0821. The Bertz CT molecular complexity index is 1180. The monoisotopic (exact) mass is 427 g/mol. The minimum Gasteiger partial charge on any atom is -0.389 e. The van der Waals surface area contributed by atoms with Crippen LogP contribution in [0.2, 0.25) is 0 Å². The van der Waals surface area contributed by atoms with Crippen LogP contribution in [-0.4, -0.2) is 29.9 Å². The van der Waals surface area contributed by atoms with Crippen molar-refractivity contribution in [1.82, 2.24) is 5.32 Å². The molecule has 0 radical (unpaired) electrons. The summed E-state index contributed by atoms with van der Waals surface area (Å²) in [5, 5.41) is 19.0. The van der Waals surface area contributed by atoms with Gasteiger partial charge in [-0.15, -0.1) is 0 Å². The van der Waals surface area contributed by atoms with Gasteiger partial charge in [-0.3, -0.25) is 0 Å². The lowest BCUT2D eigenvalue weighted by Gasteiger charge is -2.28. The summed E-state index contributed by atoms with van der Waals surface area (Å²) in [6.45, 7) is 7.18. The van der Waals surface area contributed by atoms with E-state index in [1.165, 1.54) is 27.1 Å². The van der Waals surface area contributed by atoms with E-state index < -0.39 is 6.10 Å². The molecule has 3 nitrogen and oxygen atoms in total. The van der Waals surface area contributed by atoms with Crippen LogP contribution in [-0.2, 0) is 11.2 Å². The number of benzene rings is 4. The molecule has 0 bridgehead atoms. The Morgan fingerprint density at radius 2 is 1.53 bits per heavy atom. The Labute approximate surface area is 191 Å². The van der Waals surface area contributed by atoms with Crippen molar-refractivity contribution in [3.05, 3.63) is 96.1 Å². The molecule has 0 heterocycles. The predicted octanol–water partition coefficient (Wildman–Crippen LogP) is 6.04. The first-order chi connectivity index (χ1) is 15.4. The molecule has 0 aliphatic rings. The Kier molecular flexibility index (Phi) is 6.90. The molecule has 1 unspecified atom stereocenters. The lowest BCUT2D eigenvalue weighted by Crippen LogP contribution is -2.46. The van der Waals surface area contributed by atoms with Crippen LogP contribution in [0.3, 0.4) is 0 Å². The molecular formula is C29H33NO2. The van der Waals surface area contributed by atoms with Crippen LogP contribution in [0.4, 0.5) is 0 Å². The van der Waals surface area contributed by atoms with Gasteiger partial charge in [0.2, 0.25) is 0 Å². The normalized spacial score (nSPS) is 14.0. The Balaban J connectivity index is 1.30. The number of rotatable bonds is 9. The maximum atomic E-state index is 10.5. The second-order valence-electron chi connectivity index (χ2n) is 9.32. The van der Waals surface area contributed by atoms with E-state index in [2.05, 4.69) is 98.0 Å². The average Bonchev–Trinajstić information content (AvgIpc) is 2.80. The van der Waals surface area contributed by atoms with Crippen LogP contribution in [0.15, 0.2) is 84.9 Å².